The Bertz CT molecular complexity index is 186. The van der Waals surface area contributed by atoms with E-state index in [0.717, 1.165) is 4.90 Å². The number of hydrogen-bond donors (Lipinski definition) is 1. The van der Waals surface area contributed by atoms with Crippen LogP contribution in [0.5, 0.6) is 0 Å². The van der Waals surface area contributed by atoms with Crippen LogP contribution in [0.2, 0.25) is 0 Å². The zero-order chi connectivity index (χ0) is 9.30. The minimum atomic E-state index is -2.46. The fourth-order valence-corrected chi connectivity index (χ4v) is 1.36. The monoisotopic (exact) mass is 178 g/mol. The van der Waals surface area contributed by atoms with Gasteiger partial charge in [0.25, 0.3) is 6.43 Å². The molecule has 5 heteroatoms. The molecule has 2 unspecified atom stereocenters. The summed E-state index contributed by atoms with van der Waals surface area (Å²) in [4.78, 5) is 12.3. The van der Waals surface area contributed by atoms with Gasteiger partial charge in [-0.1, -0.05) is 0 Å². The second kappa shape index (κ2) is 3.35. The molecule has 1 saturated heterocycles. The summed E-state index contributed by atoms with van der Waals surface area (Å²) < 4.78 is 23.9. The lowest BCUT2D eigenvalue weighted by Crippen LogP contribution is -2.38. The quantitative estimate of drug-likeness (QED) is 0.664. The van der Waals surface area contributed by atoms with E-state index in [9.17, 15) is 13.6 Å². The number of carbonyl (C=O) groups is 1. The summed E-state index contributed by atoms with van der Waals surface area (Å²) in [6.45, 7) is 2.89. The van der Waals surface area contributed by atoms with Crippen LogP contribution in [0, 0.1) is 0 Å². The van der Waals surface area contributed by atoms with Crippen molar-refractivity contribution in [2.75, 3.05) is 6.54 Å². The third-order valence-corrected chi connectivity index (χ3v) is 1.95. The van der Waals surface area contributed by atoms with Gasteiger partial charge in [-0.2, -0.15) is 0 Å². The number of hydrogen-bond acceptors (Lipinski definition) is 2. The lowest BCUT2D eigenvalue weighted by molar-refractivity contribution is -0.131. The van der Waals surface area contributed by atoms with E-state index in [-0.39, 0.29) is 18.1 Å². The van der Waals surface area contributed by atoms with E-state index < -0.39 is 13.0 Å². The molecular weight excluding hydrogens is 166 g/mol. The highest BCUT2D eigenvalue weighted by Crippen LogP contribution is 2.11. The molecule has 12 heavy (non-hydrogen) atoms. The number of amides is 1. The summed E-state index contributed by atoms with van der Waals surface area (Å²) in [5, 5.41) is 2.86. The SMILES string of the molecule is CC1NC(C)N(CC(F)F)C1=O. The third-order valence-electron chi connectivity index (χ3n) is 1.95. The van der Waals surface area contributed by atoms with Crippen LogP contribution >= 0.6 is 0 Å². The van der Waals surface area contributed by atoms with Crippen LogP contribution in [-0.4, -0.2) is 36.0 Å². The van der Waals surface area contributed by atoms with Crippen molar-refractivity contribution in [3.8, 4) is 0 Å². The lowest BCUT2D eigenvalue weighted by atomic mass is 10.3. The molecule has 0 aromatic rings. The Morgan fingerprint density at radius 2 is 2.17 bits per heavy atom. The molecule has 1 amide bonds. The molecule has 1 heterocycles. The van der Waals surface area contributed by atoms with Gasteiger partial charge in [-0.15, -0.1) is 0 Å². The highest BCUT2D eigenvalue weighted by Gasteiger charge is 2.34. The van der Waals surface area contributed by atoms with Crippen LogP contribution in [0.25, 0.3) is 0 Å². The van der Waals surface area contributed by atoms with E-state index in [2.05, 4.69) is 5.32 Å². The van der Waals surface area contributed by atoms with Gasteiger partial charge in [0.2, 0.25) is 5.91 Å². The van der Waals surface area contributed by atoms with Crippen molar-refractivity contribution in [2.45, 2.75) is 32.5 Å². The molecule has 2 atom stereocenters. The van der Waals surface area contributed by atoms with Gasteiger partial charge in [-0.25, -0.2) is 8.78 Å². The first-order valence-electron chi connectivity index (χ1n) is 3.87. The summed E-state index contributed by atoms with van der Waals surface area (Å²) >= 11 is 0. The Labute approximate surface area is 69.7 Å². The summed E-state index contributed by atoms with van der Waals surface area (Å²) in [6.07, 6.45) is -2.73. The predicted molar refractivity (Wildman–Crippen MR) is 39.8 cm³/mol. The van der Waals surface area contributed by atoms with Crippen molar-refractivity contribution in [1.29, 1.82) is 0 Å². The van der Waals surface area contributed by atoms with Crippen molar-refractivity contribution in [1.82, 2.24) is 10.2 Å². The van der Waals surface area contributed by atoms with Crippen LogP contribution in [0.4, 0.5) is 8.78 Å². The van der Waals surface area contributed by atoms with E-state index in [4.69, 9.17) is 0 Å². The van der Waals surface area contributed by atoms with E-state index in [1.54, 1.807) is 13.8 Å². The summed E-state index contributed by atoms with van der Waals surface area (Å²) in [5.74, 6) is -0.247. The zero-order valence-electron chi connectivity index (χ0n) is 7.05. The van der Waals surface area contributed by atoms with Gasteiger partial charge in [0.15, 0.2) is 0 Å². The van der Waals surface area contributed by atoms with Crippen molar-refractivity contribution in [3.05, 3.63) is 0 Å². The Morgan fingerprint density at radius 1 is 1.58 bits per heavy atom. The van der Waals surface area contributed by atoms with Crippen molar-refractivity contribution < 1.29 is 13.6 Å². The van der Waals surface area contributed by atoms with Crippen molar-refractivity contribution in [2.24, 2.45) is 0 Å². The first kappa shape index (κ1) is 9.38. The van der Waals surface area contributed by atoms with E-state index in [0.29, 0.717) is 0 Å². The molecule has 0 aromatic heterocycles. The summed E-state index contributed by atoms with van der Waals surface area (Å²) in [5.41, 5.74) is 0. The second-order valence-electron chi connectivity index (χ2n) is 2.95. The molecule has 1 N–H and O–H groups in total. The van der Waals surface area contributed by atoms with Gasteiger partial charge in [0, 0.05) is 0 Å². The molecule has 0 aromatic carbocycles. The third kappa shape index (κ3) is 1.72. The molecule has 0 spiro atoms. The molecule has 1 aliphatic rings. The smallest absolute Gasteiger partial charge is 0.255 e. The van der Waals surface area contributed by atoms with Crippen LogP contribution in [0.15, 0.2) is 0 Å². The molecule has 70 valence electrons. The Hall–Kier alpha value is -0.710. The molecule has 1 fully saturated rings. The number of rotatable bonds is 2. The normalized spacial score (nSPS) is 30.4. The van der Waals surface area contributed by atoms with E-state index in [1.165, 1.54) is 0 Å². The standard InChI is InChI=1S/C7H12F2N2O/c1-4-7(12)11(3-6(8)9)5(2)10-4/h4-6,10H,3H2,1-2H3. The minimum absolute atomic E-state index is 0.247. The largest absolute Gasteiger partial charge is 0.320 e. The predicted octanol–water partition coefficient (Wildman–Crippen LogP) is 0.418. The van der Waals surface area contributed by atoms with E-state index >= 15 is 0 Å². The average Bonchev–Trinajstić information content (AvgIpc) is 2.16. The maximum absolute atomic E-state index is 11.9. The summed E-state index contributed by atoms with van der Waals surface area (Å²) in [7, 11) is 0. The van der Waals surface area contributed by atoms with Crippen LogP contribution in [-0.2, 0) is 4.79 Å². The topological polar surface area (TPSA) is 32.3 Å². The lowest BCUT2D eigenvalue weighted by Gasteiger charge is -2.19. The summed E-state index contributed by atoms with van der Waals surface area (Å²) in [6, 6.07) is -0.334. The Kier molecular flexibility index (Phi) is 2.62. The van der Waals surface area contributed by atoms with Gasteiger partial charge in [-0.3, -0.25) is 10.1 Å². The van der Waals surface area contributed by atoms with Gasteiger partial charge in [0.1, 0.15) is 0 Å². The minimum Gasteiger partial charge on any atom is -0.320 e. The number of alkyl halides is 2. The number of carbonyl (C=O) groups excluding carboxylic acids is 1. The number of halogens is 2. The maximum Gasteiger partial charge on any atom is 0.255 e. The molecule has 0 radical (unpaired) electrons. The van der Waals surface area contributed by atoms with Crippen LogP contribution in [0.3, 0.4) is 0 Å². The van der Waals surface area contributed by atoms with Crippen LogP contribution in [0.1, 0.15) is 13.8 Å². The number of nitrogens with zero attached hydrogens (tertiary/aromatic N) is 1. The molecule has 3 nitrogen and oxygen atoms in total. The first-order valence-corrected chi connectivity index (χ1v) is 3.87. The van der Waals surface area contributed by atoms with Crippen molar-refractivity contribution in [3.63, 3.8) is 0 Å². The van der Waals surface area contributed by atoms with Gasteiger partial charge >= 0.3 is 0 Å². The van der Waals surface area contributed by atoms with Gasteiger partial charge in [-0.05, 0) is 13.8 Å². The van der Waals surface area contributed by atoms with Gasteiger partial charge < -0.3 is 4.90 Å². The fraction of sp³-hybridized carbons (Fsp3) is 0.857. The van der Waals surface area contributed by atoms with Crippen molar-refractivity contribution >= 4 is 5.91 Å². The van der Waals surface area contributed by atoms with Gasteiger partial charge in [0.05, 0.1) is 18.8 Å². The highest BCUT2D eigenvalue weighted by atomic mass is 19.3. The Balaban J connectivity index is 2.57. The maximum atomic E-state index is 11.9. The molecule has 0 aliphatic carbocycles. The van der Waals surface area contributed by atoms with Crippen LogP contribution < -0.4 is 5.32 Å². The molecule has 1 aliphatic heterocycles. The van der Waals surface area contributed by atoms with E-state index in [1.807, 2.05) is 0 Å². The molecule has 0 bridgehead atoms. The second-order valence-corrected chi connectivity index (χ2v) is 2.95. The first-order chi connectivity index (χ1) is 5.52. The molecular formula is C7H12F2N2O. The highest BCUT2D eigenvalue weighted by molar-refractivity contribution is 5.83. The molecule has 1 rings (SSSR count). The molecule has 0 saturated carbocycles. The Morgan fingerprint density at radius 3 is 2.50 bits per heavy atom. The average molecular weight is 178 g/mol. The zero-order valence-corrected chi connectivity index (χ0v) is 7.05. The number of nitrogens with one attached hydrogen (secondary N) is 1. The fourth-order valence-electron chi connectivity index (χ4n) is 1.36.